The number of primary amides is 2. The number of carboxylic acids is 1. The Balaban J connectivity index is 2.46. The Kier molecular flexibility index (Phi) is 15.5. The van der Waals surface area contributed by atoms with Gasteiger partial charge in [-0.3, -0.25) is 43.3 Å². The largest absolute Gasteiger partial charge is 0.524 e. The van der Waals surface area contributed by atoms with Crippen LogP contribution in [0.4, 0.5) is 5.69 Å². The van der Waals surface area contributed by atoms with E-state index in [0.29, 0.717) is 12.0 Å². The number of nitrogens with one attached hydrogen (secondary N) is 4. The molecule has 0 bridgehead atoms. The molecule has 0 heterocycles. The molecule has 0 aliphatic rings. The Morgan fingerprint density at radius 3 is 1.94 bits per heavy atom. The molecule has 0 aliphatic heterocycles. The molecule has 0 aliphatic carbocycles. The van der Waals surface area contributed by atoms with Crippen molar-refractivity contribution in [3.05, 3.63) is 59.7 Å². The number of phosphoric acid groups is 1. The molecular formula is C31H42N7O12P. The van der Waals surface area contributed by atoms with E-state index in [9.17, 15) is 43.2 Å². The van der Waals surface area contributed by atoms with Gasteiger partial charge in [0.2, 0.25) is 29.5 Å². The summed E-state index contributed by atoms with van der Waals surface area (Å²) in [6.45, 7) is 3.32. The lowest BCUT2D eigenvalue weighted by molar-refractivity contribution is -0.137. The van der Waals surface area contributed by atoms with Gasteiger partial charge in [0.05, 0.1) is 12.0 Å². The van der Waals surface area contributed by atoms with Crippen molar-refractivity contribution in [1.82, 2.24) is 21.3 Å². The van der Waals surface area contributed by atoms with Crippen LogP contribution in [-0.2, 0) is 39.8 Å². The minimum Gasteiger partial charge on any atom is -0.481 e. The maximum absolute atomic E-state index is 13.9. The van der Waals surface area contributed by atoms with Gasteiger partial charge in [-0.25, -0.2) is 4.57 Å². The zero-order valence-corrected chi connectivity index (χ0v) is 28.6. The first-order chi connectivity index (χ1) is 23.8. The van der Waals surface area contributed by atoms with Crippen molar-refractivity contribution in [2.45, 2.75) is 70.1 Å². The van der Waals surface area contributed by atoms with Gasteiger partial charge in [-0.2, -0.15) is 0 Å². The quantitative estimate of drug-likeness (QED) is 0.0565. The zero-order chi connectivity index (χ0) is 38.5. The second kappa shape index (κ2) is 19.0. The standard InChI is InChI=1S/C31H42N7O12P/c1-3-16(2)26(31(46)36-22(27(34)42)15-24(33)39)38-30(45)23(14-17-8-10-18(11-9-17)50-51(47,48)49)37-29(44)21(12-13-25(40)41)35-28(43)19-6-4-5-7-20(19)32/h4-11,16,21-23,26H,3,12-15,32H2,1-2H3,(H2,33,39)(H2,34,42)(H,35,43)(H,36,46)(H,37,44)(H,38,45)(H,40,41)(H2,47,48,49)/t16-,21-,22-,23-,26-/m0/s1. The van der Waals surface area contributed by atoms with Crippen molar-refractivity contribution in [2.24, 2.45) is 17.4 Å². The normalized spacial score (nSPS) is 14.0. The van der Waals surface area contributed by atoms with Crippen LogP contribution < -0.4 is 43.0 Å². The highest BCUT2D eigenvalue weighted by molar-refractivity contribution is 7.46. The number of hydrogen-bond acceptors (Lipinski definition) is 10. The number of anilines is 1. The first-order valence-corrected chi connectivity index (χ1v) is 17.0. The molecule has 5 atom stereocenters. The zero-order valence-electron chi connectivity index (χ0n) is 27.7. The van der Waals surface area contributed by atoms with E-state index in [4.69, 9.17) is 27.0 Å². The molecule has 2 rings (SSSR count). The van der Waals surface area contributed by atoms with Crippen LogP contribution in [0.1, 0.15) is 55.5 Å². The number of hydrogen-bond donors (Lipinski definition) is 10. The van der Waals surface area contributed by atoms with Gasteiger partial charge in [0.25, 0.3) is 5.91 Å². The van der Waals surface area contributed by atoms with Crippen LogP contribution in [0, 0.1) is 5.92 Å². The Labute approximate surface area is 292 Å². The molecule has 0 saturated carbocycles. The van der Waals surface area contributed by atoms with Gasteiger partial charge in [0, 0.05) is 18.5 Å². The molecular weight excluding hydrogens is 693 g/mol. The average molecular weight is 736 g/mol. The Morgan fingerprint density at radius 1 is 0.824 bits per heavy atom. The van der Waals surface area contributed by atoms with Crippen LogP contribution in [-0.4, -0.2) is 80.5 Å². The Bertz CT molecular complexity index is 1650. The third-order valence-corrected chi connectivity index (χ3v) is 8.00. The van der Waals surface area contributed by atoms with E-state index in [1.165, 1.54) is 42.5 Å². The van der Waals surface area contributed by atoms with Crippen molar-refractivity contribution < 1.29 is 57.5 Å². The second-order valence-electron chi connectivity index (χ2n) is 11.5. The number of carbonyl (C=O) groups is 7. The molecule has 0 aromatic heterocycles. The molecule has 278 valence electrons. The minimum atomic E-state index is -4.89. The number of amides is 6. The molecule has 13 N–H and O–H groups in total. The monoisotopic (exact) mass is 735 g/mol. The number of benzene rings is 2. The summed E-state index contributed by atoms with van der Waals surface area (Å²) in [6, 6.07) is 5.21. The lowest BCUT2D eigenvalue weighted by atomic mass is 9.96. The topological polar surface area (TPSA) is 333 Å². The molecule has 2 aromatic carbocycles. The summed E-state index contributed by atoms with van der Waals surface area (Å²) in [7, 11) is -4.89. The smallest absolute Gasteiger partial charge is 0.481 e. The van der Waals surface area contributed by atoms with Crippen LogP contribution in [0.25, 0.3) is 0 Å². The van der Waals surface area contributed by atoms with E-state index in [2.05, 4.69) is 25.8 Å². The first kappa shape index (κ1) is 41.7. The van der Waals surface area contributed by atoms with E-state index in [0.717, 1.165) is 0 Å². The summed E-state index contributed by atoms with van der Waals surface area (Å²) < 4.78 is 15.8. The number of carbonyl (C=O) groups excluding carboxylic acids is 6. The van der Waals surface area contributed by atoms with Gasteiger partial charge in [-0.15, -0.1) is 0 Å². The van der Waals surface area contributed by atoms with Crippen LogP contribution in [0.3, 0.4) is 0 Å². The highest BCUT2D eigenvalue weighted by atomic mass is 31.2. The molecule has 0 spiro atoms. The Hall–Kier alpha value is -5.52. The van der Waals surface area contributed by atoms with Crippen molar-refractivity contribution in [3.63, 3.8) is 0 Å². The van der Waals surface area contributed by atoms with Gasteiger partial charge < -0.3 is 48.1 Å². The summed E-state index contributed by atoms with van der Waals surface area (Å²) in [5.74, 6) is -7.63. The van der Waals surface area contributed by atoms with E-state index >= 15 is 0 Å². The third-order valence-electron chi connectivity index (χ3n) is 7.55. The summed E-state index contributed by atoms with van der Waals surface area (Å²) in [5.41, 5.74) is 16.8. The number of phosphoric ester groups is 1. The predicted octanol–water partition coefficient (Wildman–Crippen LogP) is -1.19. The first-order valence-electron chi connectivity index (χ1n) is 15.5. The number of nitrogens with two attached hydrogens (primary N) is 3. The van der Waals surface area contributed by atoms with Crippen molar-refractivity contribution in [1.29, 1.82) is 0 Å². The number of aliphatic carboxylic acids is 1. The van der Waals surface area contributed by atoms with E-state index in [1.54, 1.807) is 19.9 Å². The van der Waals surface area contributed by atoms with Gasteiger partial charge in [0.1, 0.15) is 29.9 Å². The summed E-state index contributed by atoms with van der Waals surface area (Å²) in [4.78, 5) is 107. The lowest BCUT2D eigenvalue weighted by Crippen LogP contribution is -2.60. The molecule has 2 aromatic rings. The average Bonchev–Trinajstić information content (AvgIpc) is 3.04. The predicted molar refractivity (Wildman–Crippen MR) is 180 cm³/mol. The molecule has 0 unspecified atom stereocenters. The van der Waals surface area contributed by atoms with Gasteiger partial charge in [-0.05, 0) is 42.2 Å². The number of nitrogen functional groups attached to an aromatic ring is 1. The number of para-hydroxylation sites is 1. The van der Waals surface area contributed by atoms with Crippen molar-refractivity contribution in [2.75, 3.05) is 5.73 Å². The van der Waals surface area contributed by atoms with Crippen LogP contribution in [0.5, 0.6) is 5.75 Å². The molecule has 6 amide bonds. The fraction of sp³-hybridized carbons (Fsp3) is 0.387. The lowest BCUT2D eigenvalue weighted by Gasteiger charge is -2.28. The van der Waals surface area contributed by atoms with E-state index in [-0.39, 0.29) is 23.4 Å². The highest BCUT2D eigenvalue weighted by Gasteiger charge is 2.34. The van der Waals surface area contributed by atoms with E-state index < -0.39 is 98.6 Å². The molecule has 0 fully saturated rings. The molecule has 0 radical (unpaired) electrons. The third kappa shape index (κ3) is 14.1. The molecule has 51 heavy (non-hydrogen) atoms. The fourth-order valence-corrected chi connectivity index (χ4v) is 5.05. The molecule has 20 heteroatoms. The summed E-state index contributed by atoms with van der Waals surface area (Å²) in [5, 5.41) is 19.1. The van der Waals surface area contributed by atoms with Crippen LogP contribution >= 0.6 is 7.82 Å². The number of carboxylic acid groups (broad SMARTS) is 1. The SMILES string of the molecule is CC[C@H](C)[C@H](NC(=O)[C@H](Cc1ccc(OP(=O)(O)O)cc1)NC(=O)[C@H](CCC(=O)O)NC(=O)c1ccccc1N)C(=O)N[C@@H](CC(N)=O)C(N)=O. The van der Waals surface area contributed by atoms with Gasteiger partial charge in [0.15, 0.2) is 0 Å². The maximum atomic E-state index is 13.9. The van der Waals surface area contributed by atoms with Gasteiger partial charge in [-0.1, -0.05) is 44.5 Å². The maximum Gasteiger partial charge on any atom is 0.524 e. The van der Waals surface area contributed by atoms with Crippen LogP contribution in [0.15, 0.2) is 48.5 Å². The fourth-order valence-electron chi connectivity index (χ4n) is 4.66. The van der Waals surface area contributed by atoms with Gasteiger partial charge >= 0.3 is 13.8 Å². The summed E-state index contributed by atoms with van der Waals surface area (Å²) in [6.07, 6.45) is -1.52. The van der Waals surface area contributed by atoms with Crippen molar-refractivity contribution >= 4 is 54.9 Å². The van der Waals surface area contributed by atoms with Crippen molar-refractivity contribution in [3.8, 4) is 5.75 Å². The number of rotatable bonds is 20. The van der Waals surface area contributed by atoms with E-state index in [1.807, 2.05) is 0 Å². The molecule has 0 saturated heterocycles. The van der Waals surface area contributed by atoms with Crippen LogP contribution in [0.2, 0.25) is 0 Å². The minimum absolute atomic E-state index is 0.00513. The highest BCUT2D eigenvalue weighted by Crippen LogP contribution is 2.37. The molecule has 19 nitrogen and oxygen atoms in total. The summed E-state index contributed by atoms with van der Waals surface area (Å²) >= 11 is 0. The second-order valence-corrected chi connectivity index (χ2v) is 12.7. The Morgan fingerprint density at radius 2 is 1.41 bits per heavy atom.